The number of rotatable bonds is 4. The third-order valence-corrected chi connectivity index (χ3v) is 4.51. The number of hydrogen-bond donors (Lipinski definition) is 2. The summed E-state index contributed by atoms with van der Waals surface area (Å²) in [6, 6.07) is 18.8. The highest BCUT2D eigenvalue weighted by Crippen LogP contribution is 2.40. The Hall–Kier alpha value is -3.85. The highest BCUT2D eigenvalue weighted by Gasteiger charge is 2.30. The van der Waals surface area contributed by atoms with Crippen molar-refractivity contribution in [3.63, 3.8) is 0 Å². The molecule has 27 heavy (non-hydrogen) atoms. The maximum absolute atomic E-state index is 12.4. The Bertz CT molecular complexity index is 1090. The highest BCUT2D eigenvalue weighted by atomic mass is 16.5. The second-order valence-electron chi connectivity index (χ2n) is 6.18. The van der Waals surface area contributed by atoms with E-state index in [1.807, 2.05) is 54.6 Å². The summed E-state index contributed by atoms with van der Waals surface area (Å²) in [5.74, 6) is -0.568. The van der Waals surface area contributed by atoms with Gasteiger partial charge in [-0.3, -0.25) is 4.79 Å². The van der Waals surface area contributed by atoms with E-state index in [0.29, 0.717) is 17.7 Å². The van der Waals surface area contributed by atoms with Gasteiger partial charge in [-0.2, -0.15) is 5.26 Å². The van der Waals surface area contributed by atoms with E-state index < -0.39 is 17.2 Å². The smallest absolute Gasteiger partial charge is 0.266 e. The fourth-order valence-electron chi connectivity index (χ4n) is 3.15. The van der Waals surface area contributed by atoms with E-state index in [1.165, 1.54) is 0 Å². The lowest BCUT2D eigenvalue weighted by molar-refractivity contribution is -0.117. The molecule has 132 valence electrons. The summed E-state index contributed by atoms with van der Waals surface area (Å²) in [5, 5.41) is 26.5. The summed E-state index contributed by atoms with van der Waals surface area (Å²) in [6.45, 7) is 0.250. The molecule has 0 aliphatic heterocycles. The number of aromatic nitrogens is 1. The van der Waals surface area contributed by atoms with Crippen LogP contribution in [0, 0.1) is 11.3 Å². The van der Waals surface area contributed by atoms with E-state index in [0.717, 1.165) is 16.7 Å². The standard InChI is InChI=1S/C21H15N3O3/c22-11-17(21(26)23-12-13-6-2-1-3-7-13)19(25)18-16-10-14-8-4-5-9-15(14)20(16)27-24-18/h1-9,25H,10,12H2,(H,23,26). The van der Waals surface area contributed by atoms with Crippen LogP contribution in [0.3, 0.4) is 0 Å². The molecular weight excluding hydrogens is 342 g/mol. The van der Waals surface area contributed by atoms with Crippen LogP contribution in [0.15, 0.2) is 64.7 Å². The van der Waals surface area contributed by atoms with Gasteiger partial charge in [-0.05, 0) is 11.1 Å². The Morgan fingerprint density at radius 1 is 1.19 bits per heavy atom. The van der Waals surface area contributed by atoms with Crippen molar-refractivity contribution in [3.8, 4) is 17.4 Å². The fraction of sp³-hybridized carbons (Fsp3) is 0.0952. The Morgan fingerprint density at radius 2 is 1.93 bits per heavy atom. The minimum atomic E-state index is -0.661. The maximum Gasteiger partial charge on any atom is 0.266 e. The van der Waals surface area contributed by atoms with Gasteiger partial charge in [0.05, 0.1) is 0 Å². The quantitative estimate of drug-likeness (QED) is 0.331. The topological polar surface area (TPSA) is 99.2 Å². The van der Waals surface area contributed by atoms with Crippen LogP contribution in [-0.4, -0.2) is 16.2 Å². The van der Waals surface area contributed by atoms with Crippen LogP contribution in [0.25, 0.3) is 17.1 Å². The Morgan fingerprint density at radius 3 is 2.70 bits per heavy atom. The molecule has 0 saturated heterocycles. The molecule has 0 saturated carbocycles. The number of nitriles is 1. The zero-order valence-corrected chi connectivity index (χ0v) is 14.3. The van der Waals surface area contributed by atoms with Crippen LogP contribution >= 0.6 is 0 Å². The number of nitrogens with one attached hydrogen (secondary N) is 1. The van der Waals surface area contributed by atoms with Crippen LogP contribution in [0.4, 0.5) is 0 Å². The third-order valence-electron chi connectivity index (χ3n) is 4.51. The number of nitrogens with zero attached hydrogens (tertiary/aromatic N) is 2. The van der Waals surface area contributed by atoms with E-state index in [-0.39, 0.29) is 12.2 Å². The lowest BCUT2D eigenvalue weighted by Crippen LogP contribution is -2.25. The molecule has 0 atom stereocenters. The number of amides is 1. The predicted octanol–water partition coefficient (Wildman–Crippen LogP) is 3.35. The summed E-state index contributed by atoms with van der Waals surface area (Å²) in [6.07, 6.45) is 0.527. The van der Waals surface area contributed by atoms with E-state index in [9.17, 15) is 15.2 Å². The van der Waals surface area contributed by atoms with E-state index in [2.05, 4.69) is 10.5 Å². The van der Waals surface area contributed by atoms with Crippen LogP contribution in [-0.2, 0) is 17.8 Å². The number of carbonyl (C=O) groups excluding carboxylic acids is 1. The van der Waals surface area contributed by atoms with Gasteiger partial charge in [0, 0.05) is 24.1 Å². The number of fused-ring (bicyclic) bond motifs is 3. The van der Waals surface area contributed by atoms with Crippen molar-refractivity contribution in [2.45, 2.75) is 13.0 Å². The second-order valence-corrected chi connectivity index (χ2v) is 6.18. The Labute approximate surface area is 155 Å². The van der Waals surface area contributed by atoms with Gasteiger partial charge >= 0.3 is 0 Å². The highest BCUT2D eigenvalue weighted by molar-refractivity contribution is 6.03. The first-order valence-electron chi connectivity index (χ1n) is 8.41. The third kappa shape index (κ3) is 2.96. The van der Waals surface area contributed by atoms with Gasteiger partial charge in [0.15, 0.2) is 22.8 Å². The molecule has 0 spiro atoms. The first-order chi connectivity index (χ1) is 13.2. The zero-order chi connectivity index (χ0) is 18.8. The predicted molar refractivity (Wildman–Crippen MR) is 98.2 cm³/mol. The molecule has 4 rings (SSSR count). The van der Waals surface area contributed by atoms with Gasteiger partial charge in [0.1, 0.15) is 6.07 Å². The fourth-order valence-corrected chi connectivity index (χ4v) is 3.15. The number of aliphatic hydroxyl groups is 1. The van der Waals surface area contributed by atoms with Crippen LogP contribution in [0.2, 0.25) is 0 Å². The van der Waals surface area contributed by atoms with Gasteiger partial charge in [0.2, 0.25) is 0 Å². The first kappa shape index (κ1) is 16.6. The van der Waals surface area contributed by atoms with Gasteiger partial charge in [0.25, 0.3) is 5.91 Å². The number of carbonyl (C=O) groups is 1. The molecule has 0 bridgehead atoms. The van der Waals surface area contributed by atoms with Crippen molar-refractivity contribution in [1.82, 2.24) is 10.5 Å². The monoisotopic (exact) mass is 357 g/mol. The summed E-state index contributed by atoms with van der Waals surface area (Å²) < 4.78 is 5.37. The van der Waals surface area contributed by atoms with Crippen molar-refractivity contribution in [1.29, 1.82) is 5.26 Å². The average Bonchev–Trinajstić information content (AvgIpc) is 3.27. The van der Waals surface area contributed by atoms with Crippen LogP contribution in [0.1, 0.15) is 22.4 Å². The molecule has 0 unspecified atom stereocenters. The zero-order valence-electron chi connectivity index (χ0n) is 14.3. The largest absolute Gasteiger partial charge is 0.504 e. The van der Waals surface area contributed by atoms with Crippen molar-refractivity contribution in [2.24, 2.45) is 0 Å². The van der Waals surface area contributed by atoms with Crippen molar-refractivity contribution < 1.29 is 14.4 Å². The number of aliphatic hydroxyl groups excluding tert-OH is 1. The number of benzene rings is 2. The molecule has 1 aromatic heterocycles. The summed E-state index contributed by atoms with van der Waals surface area (Å²) >= 11 is 0. The molecule has 0 fully saturated rings. The maximum atomic E-state index is 12.4. The van der Waals surface area contributed by atoms with Crippen molar-refractivity contribution in [2.75, 3.05) is 0 Å². The Balaban J connectivity index is 1.61. The van der Waals surface area contributed by atoms with Gasteiger partial charge in [-0.15, -0.1) is 0 Å². The Kier molecular flexibility index (Phi) is 4.19. The van der Waals surface area contributed by atoms with Crippen molar-refractivity contribution >= 4 is 11.7 Å². The van der Waals surface area contributed by atoms with Gasteiger partial charge < -0.3 is 14.9 Å². The number of hydrogen-bond acceptors (Lipinski definition) is 5. The van der Waals surface area contributed by atoms with E-state index >= 15 is 0 Å². The molecule has 1 amide bonds. The molecule has 1 aliphatic carbocycles. The van der Waals surface area contributed by atoms with Gasteiger partial charge in [-0.1, -0.05) is 59.8 Å². The second kappa shape index (κ2) is 6.81. The lowest BCUT2D eigenvalue weighted by Gasteiger charge is -2.06. The molecule has 0 radical (unpaired) electrons. The SMILES string of the molecule is N#CC(C(=O)NCc1ccccc1)=C(O)c1noc2c1Cc1ccccc1-2. The summed E-state index contributed by atoms with van der Waals surface area (Å²) in [7, 11) is 0. The molecule has 6 nitrogen and oxygen atoms in total. The minimum absolute atomic E-state index is 0.132. The first-order valence-corrected chi connectivity index (χ1v) is 8.41. The van der Waals surface area contributed by atoms with Gasteiger partial charge in [-0.25, -0.2) is 0 Å². The molecule has 3 aromatic rings. The molecule has 1 heterocycles. The molecule has 2 aromatic carbocycles. The summed E-state index contributed by atoms with van der Waals surface area (Å²) in [4.78, 5) is 12.4. The average molecular weight is 357 g/mol. The minimum Gasteiger partial charge on any atom is -0.504 e. The van der Waals surface area contributed by atoms with E-state index in [1.54, 1.807) is 6.07 Å². The lowest BCUT2D eigenvalue weighted by atomic mass is 10.1. The molecule has 2 N–H and O–H groups in total. The molecular formula is C21H15N3O3. The van der Waals surface area contributed by atoms with E-state index in [4.69, 9.17) is 4.52 Å². The van der Waals surface area contributed by atoms with Crippen LogP contribution < -0.4 is 5.32 Å². The molecule has 1 aliphatic rings. The normalized spacial score (nSPS) is 12.6. The molecule has 6 heteroatoms. The summed E-state index contributed by atoms with van der Waals surface area (Å²) in [5.41, 5.74) is 3.27. The van der Waals surface area contributed by atoms with Crippen molar-refractivity contribution in [3.05, 3.63) is 82.6 Å². The van der Waals surface area contributed by atoms with Crippen LogP contribution in [0.5, 0.6) is 0 Å².